The predicted octanol–water partition coefficient (Wildman–Crippen LogP) is 2.75. The molecule has 0 fully saturated rings. The summed E-state index contributed by atoms with van der Waals surface area (Å²) in [7, 11) is 0. The second kappa shape index (κ2) is 7.61. The maximum absolute atomic E-state index is 13.6. The van der Waals surface area contributed by atoms with Gasteiger partial charge in [-0.05, 0) is 36.6 Å². The smallest absolute Gasteiger partial charge is 0.276 e. The minimum Gasteiger partial charge on any atom is -0.476 e. The molecule has 3 aromatic heterocycles. The van der Waals surface area contributed by atoms with Crippen LogP contribution < -0.4 is 4.74 Å². The molecule has 0 aliphatic carbocycles. The Bertz CT molecular complexity index is 909. The van der Waals surface area contributed by atoms with E-state index in [0.29, 0.717) is 31.8 Å². The number of nitrogens with zero attached hydrogens (tertiary/aromatic N) is 4. The first kappa shape index (κ1) is 17.3. The number of rotatable bonds is 5. The Morgan fingerprint density at radius 3 is 3.04 bits per heavy atom. The van der Waals surface area contributed by atoms with Crippen molar-refractivity contribution in [3.63, 3.8) is 0 Å². The standard InChI is InChI=1S/C19H19FN4O3/c20-16-4-1-6-21-18(16)27-8-5-14-9-23-7-2-3-15(23)11-24(10-14)19(25)17-12-26-13-22-17/h1-4,6-7,12-14H,5,8-11H2. The molecule has 0 saturated heterocycles. The summed E-state index contributed by atoms with van der Waals surface area (Å²) in [5, 5.41) is 0. The summed E-state index contributed by atoms with van der Waals surface area (Å²) in [5.41, 5.74) is 1.35. The lowest BCUT2D eigenvalue weighted by Crippen LogP contribution is -2.34. The molecular formula is C19H19FN4O3. The van der Waals surface area contributed by atoms with Crippen LogP contribution in [0.25, 0.3) is 0 Å². The lowest BCUT2D eigenvalue weighted by Gasteiger charge is -2.23. The van der Waals surface area contributed by atoms with Gasteiger partial charge in [0.15, 0.2) is 17.9 Å². The number of fused-ring (bicyclic) bond motifs is 1. The van der Waals surface area contributed by atoms with Gasteiger partial charge >= 0.3 is 0 Å². The van der Waals surface area contributed by atoms with Gasteiger partial charge < -0.3 is 18.6 Å². The molecule has 4 heterocycles. The van der Waals surface area contributed by atoms with Crippen molar-refractivity contribution >= 4 is 5.91 Å². The van der Waals surface area contributed by atoms with E-state index in [9.17, 15) is 9.18 Å². The Morgan fingerprint density at radius 1 is 1.30 bits per heavy atom. The van der Waals surface area contributed by atoms with Crippen molar-refractivity contribution in [2.45, 2.75) is 19.5 Å². The lowest BCUT2D eigenvalue weighted by molar-refractivity contribution is 0.0706. The van der Waals surface area contributed by atoms with E-state index in [2.05, 4.69) is 14.5 Å². The predicted molar refractivity (Wildman–Crippen MR) is 93.5 cm³/mol. The van der Waals surface area contributed by atoms with E-state index in [0.717, 1.165) is 12.2 Å². The summed E-state index contributed by atoms with van der Waals surface area (Å²) in [6.45, 7) is 2.15. The molecule has 27 heavy (non-hydrogen) atoms. The van der Waals surface area contributed by atoms with Gasteiger partial charge in [-0.1, -0.05) is 0 Å². The fraction of sp³-hybridized carbons (Fsp3) is 0.316. The van der Waals surface area contributed by atoms with Crippen molar-refractivity contribution in [1.82, 2.24) is 19.4 Å². The molecule has 1 unspecified atom stereocenters. The van der Waals surface area contributed by atoms with Crippen LogP contribution in [0.1, 0.15) is 22.6 Å². The first-order chi connectivity index (χ1) is 13.2. The molecule has 0 bridgehead atoms. The highest BCUT2D eigenvalue weighted by Gasteiger charge is 2.26. The van der Waals surface area contributed by atoms with Crippen molar-refractivity contribution in [3.8, 4) is 5.88 Å². The number of hydrogen-bond acceptors (Lipinski definition) is 5. The molecule has 4 rings (SSSR count). The maximum atomic E-state index is 13.6. The topological polar surface area (TPSA) is 73.4 Å². The molecule has 0 N–H and O–H groups in total. The van der Waals surface area contributed by atoms with E-state index in [1.54, 1.807) is 4.90 Å². The Morgan fingerprint density at radius 2 is 2.22 bits per heavy atom. The molecule has 1 aliphatic heterocycles. The third-order valence-electron chi connectivity index (χ3n) is 4.64. The third kappa shape index (κ3) is 3.84. The minimum absolute atomic E-state index is 0.00306. The summed E-state index contributed by atoms with van der Waals surface area (Å²) < 4.78 is 26.2. The Hall–Kier alpha value is -3.16. The van der Waals surface area contributed by atoms with Crippen LogP contribution in [0.4, 0.5) is 4.39 Å². The Kier molecular flexibility index (Phi) is 4.86. The van der Waals surface area contributed by atoms with Gasteiger partial charge in [-0.3, -0.25) is 4.79 Å². The van der Waals surface area contributed by atoms with Crippen molar-refractivity contribution in [2.75, 3.05) is 13.2 Å². The Balaban J connectivity index is 1.45. The average Bonchev–Trinajstić information content (AvgIpc) is 3.32. The van der Waals surface area contributed by atoms with E-state index in [4.69, 9.17) is 9.15 Å². The number of carbonyl (C=O) groups is 1. The maximum Gasteiger partial charge on any atom is 0.276 e. The van der Waals surface area contributed by atoms with E-state index in [-0.39, 0.29) is 17.7 Å². The lowest BCUT2D eigenvalue weighted by atomic mass is 10.1. The quantitative estimate of drug-likeness (QED) is 0.690. The second-order valence-electron chi connectivity index (χ2n) is 6.50. The molecule has 0 aromatic carbocycles. The first-order valence-electron chi connectivity index (χ1n) is 8.75. The first-order valence-corrected chi connectivity index (χ1v) is 8.75. The highest BCUT2D eigenvalue weighted by molar-refractivity contribution is 5.91. The summed E-state index contributed by atoms with van der Waals surface area (Å²) in [5.74, 6) is -0.487. The zero-order chi connectivity index (χ0) is 18.6. The van der Waals surface area contributed by atoms with Gasteiger partial charge in [-0.15, -0.1) is 0 Å². The number of ether oxygens (including phenoxy) is 1. The van der Waals surface area contributed by atoms with Gasteiger partial charge in [-0.2, -0.15) is 0 Å². The Labute approximate surface area is 155 Å². The zero-order valence-corrected chi connectivity index (χ0v) is 14.6. The highest BCUT2D eigenvalue weighted by atomic mass is 19.1. The molecule has 140 valence electrons. The van der Waals surface area contributed by atoms with Crippen molar-refractivity contribution in [2.24, 2.45) is 5.92 Å². The van der Waals surface area contributed by atoms with Gasteiger partial charge in [0.2, 0.25) is 5.88 Å². The molecule has 0 saturated carbocycles. The van der Waals surface area contributed by atoms with Crippen LogP contribution in [0, 0.1) is 11.7 Å². The number of hydrogen-bond donors (Lipinski definition) is 0. The van der Waals surface area contributed by atoms with Crippen molar-refractivity contribution < 1.29 is 18.3 Å². The van der Waals surface area contributed by atoms with E-state index < -0.39 is 5.82 Å². The van der Waals surface area contributed by atoms with Gasteiger partial charge in [-0.25, -0.2) is 14.4 Å². The fourth-order valence-corrected chi connectivity index (χ4v) is 3.30. The third-order valence-corrected chi connectivity index (χ3v) is 4.64. The minimum atomic E-state index is -0.478. The van der Waals surface area contributed by atoms with Crippen molar-refractivity contribution in [1.29, 1.82) is 0 Å². The molecule has 1 amide bonds. The van der Waals surface area contributed by atoms with Crippen LogP contribution in [0.15, 0.2) is 53.7 Å². The molecule has 3 aromatic rings. The SMILES string of the molecule is O=C(c1cocn1)N1Cc2cccn2CC(CCOc2ncccc2F)C1. The van der Waals surface area contributed by atoms with E-state index in [1.807, 2.05) is 18.3 Å². The van der Waals surface area contributed by atoms with Crippen LogP contribution in [-0.2, 0) is 13.1 Å². The number of oxazole rings is 1. The largest absolute Gasteiger partial charge is 0.476 e. The number of carbonyl (C=O) groups excluding carboxylic acids is 1. The molecule has 1 aliphatic rings. The van der Waals surface area contributed by atoms with E-state index in [1.165, 1.54) is 31.0 Å². The van der Waals surface area contributed by atoms with Crippen LogP contribution in [0.2, 0.25) is 0 Å². The molecule has 1 atom stereocenters. The number of pyridine rings is 1. The molecule has 0 radical (unpaired) electrons. The highest BCUT2D eigenvalue weighted by Crippen LogP contribution is 2.21. The number of halogens is 1. The zero-order valence-electron chi connectivity index (χ0n) is 14.6. The summed E-state index contributed by atoms with van der Waals surface area (Å²) in [6, 6.07) is 6.81. The number of aromatic nitrogens is 3. The fourth-order valence-electron chi connectivity index (χ4n) is 3.30. The van der Waals surface area contributed by atoms with Gasteiger partial charge in [0.25, 0.3) is 5.91 Å². The number of amides is 1. The summed E-state index contributed by atoms with van der Waals surface area (Å²) in [6.07, 6.45) is 6.77. The monoisotopic (exact) mass is 370 g/mol. The van der Waals surface area contributed by atoms with Crippen LogP contribution in [0.5, 0.6) is 5.88 Å². The van der Waals surface area contributed by atoms with Crippen LogP contribution in [0.3, 0.4) is 0 Å². The van der Waals surface area contributed by atoms with Crippen LogP contribution >= 0.6 is 0 Å². The summed E-state index contributed by atoms with van der Waals surface area (Å²) in [4.78, 5) is 22.4. The van der Waals surface area contributed by atoms with Crippen LogP contribution in [-0.4, -0.2) is 38.5 Å². The van der Waals surface area contributed by atoms with Gasteiger partial charge in [0, 0.05) is 31.2 Å². The average molecular weight is 370 g/mol. The second-order valence-corrected chi connectivity index (χ2v) is 6.50. The molecule has 0 spiro atoms. The summed E-state index contributed by atoms with van der Waals surface area (Å²) >= 11 is 0. The molecule has 8 heteroatoms. The molecular weight excluding hydrogens is 351 g/mol. The van der Waals surface area contributed by atoms with E-state index >= 15 is 0 Å². The normalized spacial score (nSPS) is 16.6. The molecule has 7 nitrogen and oxygen atoms in total. The van der Waals surface area contributed by atoms with Gasteiger partial charge in [0.05, 0.1) is 13.2 Å². The van der Waals surface area contributed by atoms with Crippen molar-refractivity contribution in [3.05, 3.63) is 66.5 Å². The van der Waals surface area contributed by atoms with Gasteiger partial charge in [0.1, 0.15) is 6.26 Å².